The van der Waals surface area contributed by atoms with Gasteiger partial charge in [0.25, 0.3) is 0 Å². The van der Waals surface area contributed by atoms with Crippen molar-refractivity contribution in [3.05, 3.63) is 28.7 Å². The molecule has 1 fully saturated rings. The number of aromatic nitrogens is 5. The molecular weight excluding hydrogens is 262 g/mol. The van der Waals surface area contributed by atoms with Crippen molar-refractivity contribution in [1.29, 1.82) is 0 Å². The Labute approximate surface area is 113 Å². The summed E-state index contributed by atoms with van der Waals surface area (Å²) in [6.45, 7) is 0. The number of aromatic amines is 1. The summed E-state index contributed by atoms with van der Waals surface area (Å²) in [6.07, 6.45) is 4.92. The molecule has 0 aliphatic heterocycles. The third-order valence-electron chi connectivity index (χ3n) is 3.42. The number of carboxylic acids is 1. The summed E-state index contributed by atoms with van der Waals surface area (Å²) >= 11 is 0. The van der Waals surface area contributed by atoms with Crippen LogP contribution in [0.4, 0.5) is 0 Å². The van der Waals surface area contributed by atoms with Crippen molar-refractivity contribution in [1.82, 2.24) is 25.2 Å². The van der Waals surface area contributed by atoms with Gasteiger partial charge in [-0.1, -0.05) is 0 Å². The zero-order valence-electron chi connectivity index (χ0n) is 10.6. The second-order valence-corrected chi connectivity index (χ2v) is 4.87. The van der Waals surface area contributed by atoms with Gasteiger partial charge >= 0.3 is 5.97 Å². The lowest BCUT2D eigenvalue weighted by Crippen LogP contribution is -2.19. The molecule has 1 aliphatic carbocycles. The Morgan fingerprint density at radius 1 is 1.55 bits per heavy atom. The molecule has 2 N–H and O–H groups in total. The Balaban J connectivity index is 2.03. The van der Waals surface area contributed by atoms with Gasteiger partial charge in [0.2, 0.25) is 0 Å². The van der Waals surface area contributed by atoms with Gasteiger partial charge < -0.3 is 10.1 Å². The van der Waals surface area contributed by atoms with E-state index in [0.29, 0.717) is 11.4 Å². The van der Waals surface area contributed by atoms with E-state index in [-0.39, 0.29) is 23.8 Å². The van der Waals surface area contributed by atoms with Gasteiger partial charge in [-0.15, -0.1) is 5.10 Å². The summed E-state index contributed by atoms with van der Waals surface area (Å²) in [5.74, 6) is -0.327. The highest BCUT2D eigenvalue weighted by Gasteiger charge is 2.36. The largest absolute Gasteiger partial charge is 0.481 e. The number of carbonyl (C=O) groups is 1. The minimum absolute atomic E-state index is 0.0482. The van der Waals surface area contributed by atoms with Crippen LogP contribution in [-0.2, 0) is 4.79 Å². The lowest BCUT2D eigenvalue weighted by atomic mass is 10.1. The summed E-state index contributed by atoms with van der Waals surface area (Å²) in [7, 11) is 0. The zero-order valence-corrected chi connectivity index (χ0v) is 10.6. The van der Waals surface area contributed by atoms with Crippen LogP contribution in [0.3, 0.4) is 0 Å². The second kappa shape index (κ2) is 4.87. The van der Waals surface area contributed by atoms with Gasteiger partial charge in [-0.05, 0) is 29.2 Å². The van der Waals surface area contributed by atoms with E-state index in [1.54, 1.807) is 0 Å². The molecule has 1 unspecified atom stereocenters. The smallest absolute Gasteiger partial charge is 0.305 e. The fraction of sp³-hybridized carbons (Fsp3) is 0.417. The summed E-state index contributed by atoms with van der Waals surface area (Å²) in [6, 6.07) is 1.08. The van der Waals surface area contributed by atoms with Crippen molar-refractivity contribution in [2.24, 2.45) is 5.92 Å². The number of pyridine rings is 1. The molecule has 20 heavy (non-hydrogen) atoms. The maximum absolute atomic E-state index is 11.9. The predicted molar refractivity (Wildman–Crippen MR) is 67.9 cm³/mol. The minimum Gasteiger partial charge on any atom is -0.481 e. The molecular formula is C12H13N5O3. The van der Waals surface area contributed by atoms with Crippen LogP contribution in [0.5, 0.6) is 0 Å². The molecule has 2 aromatic rings. The number of nitrogens with one attached hydrogen (secondary N) is 1. The fourth-order valence-electron chi connectivity index (χ4n) is 2.30. The summed E-state index contributed by atoms with van der Waals surface area (Å²) in [5, 5.41) is 20.4. The number of aliphatic carboxylic acids is 1. The van der Waals surface area contributed by atoms with Crippen LogP contribution in [0.25, 0.3) is 11.4 Å². The highest BCUT2D eigenvalue weighted by atomic mass is 16.4. The summed E-state index contributed by atoms with van der Waals surface area (Å²) in [4.78, 5) is 25.7. The van der Waals surface area contributed by atoms with Gasteiger partial charge in [0.1, 0.15) is 0 Å². The third-order valence-corrected chi connectivity index (χ3v) is 3.42. The van der Waals surface area contributed by atoms with E-state index in [9.17, 15) is 9.59 Å². The normalized spacial score (nSPS) is 16.0. The molecule has 0 spiro atoms. The van der Waals surface area contributed by atoms with Crippen LogP contribution in [0.2, 0.25) is 0 Å². The third kappa shape index (κ3) is 2.31. The fourth-order valence-corrected chi connectivity index (χ4v) is 2.30. The standard InChI is InChI=1S/C12H13N5O3/c18-10-3-4-13-6-8(10)12-14-15-16-17(12)9(5-11(19)20)7-1-2-7/h3-4,6-7,9H,1-2,5H2,(H,13,18)(H,19,20). The molecule has 3 rings (SSSR count). The second-order valence-electron chi connectivity index (χ2n) is 4.87. The van der Waals surface area contributed by atoms with Crippen LogP contribution < -0.4 is 5.43 Å². The Bertz CT molecular complexity index is 688. The van der Waals surface area contributed by atoms with E-state index in [2.05, 4.69) is 20.5 Å². The van der Waals surface area contributed by atoms with Gasteiger partial charge in [-0.3, -0.25) is 9.59 Å². The van der Waals surface area contributed by atoms with Gasteiger partial charge in [-0.2, -0.15) is 0 Å². The van der Waals surface area contributed by atoms with Crippen molar-refractivity contribution < 1.29 is 9.90 Å². The van der Waals surface area contributed by atoms with Crippen LogP contribution in [0.1, 0.15) is 25.3 Å². The molecule has 0 aromatic carbocycles. The van der Waals surface area contributed by atoms with E-state index >= 15 is 0 Å². The number of tetrazole rings is 1. The van der Waals surface area contributed by atoms with Gasteiger partial charge in [-0.25, -0.2) is 4.68 Å². The Hall–Kier alpha value is -2.51. The quantitative estimate of drug-likeness (QED) is 0.819. The molecule has 2 aromatic heterocycles. The highest BCUT2D eigenvalue weighted by Crippen LogP contribution is 2.42. The molecule has 1 atom stereocenters. The Morgan fingerprint density at radius 2 is 2.35 bits per heavy atom. The van der Waals surface area contributed by atoms with Crippen molar-refractivity contribution in [2.45, 2.75) is 25.3 Å². The highest BCUT2D eigenvalue weighted by molar-refractivity contribution is 5.67. The molecule has 0 radical (unpaired) electrons. The van der Waals surface area contributed by atoms with E-state index in [0.717, 1.165) is 12.8 Å². The average molecular weight is 275 g/mol. The lowest BCUT2D eigenvalue weighted by Gasteiger charge is -2.15. The SMILES string of the molecule is O=C(O)CC(C1CC1)n1nnnc1-c1c[nH]ccc1=O. The predicted octanol–water partition coefficient (Wildman–Crippen LogP) is 0.454. The molecule has 8 heteroatoms. The van der Waals surface area contributed by atoms with E-state index in [4.69, 9.17) is 5.11 Å². The van der Waals surface area contributed by atoms with E-state index in [1.165, 1.54) is 23.1 Å². The van der Waals surface area contributed by atoms with Crippen LogP contribution in [-0.4, -0.2) is 36.3 Å². The number of hydrogen-bond donors (Lipinski definition) is 2. The van der Waals surface area contributed by atoms with E-state index < -0.39 is 5.97 Å². The van der Waals surface area contributed by atoms with Crippen LogP contribution in [0.15, 0.2) is 23.3 Å². The maximum atomic E-state index is 11.9. The lowest BCUT2D eigenvalue weighted by molar-refractivity contribution is -0.138. The zero-order chi connectivity index (χ0) is 14.1. The molecule has 2 heterocycles. The molecule has 0 bridgehead atoms. The number of carboxylic acid groups (broad SMARTS) is 1. The van der Waals surface area contributed by atoms with Gasteiger partial charge in [0.05, 0.1) is 18.0 Å². The van der Waals surface area contributed by atoms with Crippen LogP contribution in [0, 0.1) is 5.92 Å². The molecule has 0 amide bonds. The van der Waals surface area contributed by atoms with Crippen molar-refractivity contribution in [2.75, 3.05) is 0 Å². The first-order valence-electron chi connectivity index (χ1n) is 6.34. The molecule has 8 nitrogen and oxygen atoms in total. The summed E-state index contributed by atoms with van der Waals surface area (Å²) < 4.78 is 1.47. The maximum Gasteiger partial charge on any atom is 0.305 e. The summed E-state index contributed by atoms with van der Waals surface area (Å²) in [5.41, 5.74) is 0.137. The number of hydrogen-bond acceptors (Lipinski definition) is 5. The van der Waals surface area contributed by atoms with Gasteiger partial charge in [0.15, 0.2) is 11.3 Å². The first-order valence-corrected chi connectivity index (χ1v) is 6.34. The number of H-pyrrole nitrogens is 1. The minimum atomic E-state index is -0.898. The van der Waals surface area contributed by atoms with Crippen molar-refractivity contribution in [3.8, 4) is 11.4 Å². The van der Waals surface area contributed by atoms with Crippen molar-refractivity contribution >= 4 is 5.97 Å². The monoisotopic (exact) mass is 275 g/mol. The molecule has 104 valence electrons. The average Bonchev–Trinajstić information content (AvgIpc) is 3.14. The molecule has 1 aliphatic rings. The van der Waals surface area contributed by atoms with E-state index in [1.807, 2.05) is 0 Å². The number of nitrogens with zero attached hydrogens (tertiary/aromatic N) is 4. The number of rotatable bonds is 5. The Morgan fingerprint density at radius 3 is 3.00 bits per heavy atom. The van der Waals surface area contributed by atoms with Crippen LogP contribution >= 0.6 is 0 Å². The molecule has 0 saturated heterocycles. The first-order chi connectivity index (χ1) is 9.66. The Kier molecular flexibility index (Phi) is 3.05. The van der Waals surface area contributed by atoms with Gasteiger partial charge in [0, 0.05) is 18.5 Å². The first kappa shape index (κ1) is 12.5. The van der Waals surface area contributed by atoms with Crippen molar-refractivity contribution in [3.63, 3.8) is 0 Å². The molecule has 1 saturated carbocycles. The topological polar surface area (TPSA) is 114 Å².